The molecule has 30 heavy (non-hydrogen) atoms. The van der Waals surface area contributed by atoms with Crippen LogP contribution >= 0.6 is 11.8 Å². The van der Waals surface area contributed by atoms with Crippen LogP contribution in [0.4, 0.5) is 22.7 Å². The predicted octanol–water partition coefficient (Wildman–Crippen LogP) is 3.35. The number of nitrogens with two attached hydrogens (primary N) is 1. The minimum absolute atomic E-state index is 0.0225. The van der Waals surface area contributed by atoms with Gasteiger partial charge in [-0.05, 0) is 42.0 Å². The Balaban J connectivity index is 1.33. The van der Waals surface area contributed by atoms with E-state index in [1.54, 1.807) is 18.3 Å². The number of amides is 2. The normalized spacial score (nSPS) is 12.8. The van der Waals surface area contributed by atoms with Gasteiger partial charge in [0.15, 0.2) is 0 Å². The van der Waals surface area contributed by atoms with E-state index in [-0.39, 0.29) is 17.6 Å². The molecule has 4 rings (SSSR count). The molecular formula is C22H21N5O2S. The Hall–Kier alpha value is -3.52. The maximum atomic E-state index is 12.2. The molecule has 8 heteroatoms. The van der Waals surface area contributed by atoms with Gasteiger partial charge in [0.25, 0.3) is 0 Å². The summed E-state index contributed by atoms with van der Waals surface area (Å²) >= 11 is 1.35. The Morgan fingerprint density at radius 3 is 2.70 bits per heavy atom. The van der Waals surface area contributed by atoms with Crippen LogP contribution in [0, 0.1) is 0 Å². The third-order valence-corrected chi connectivity index (χ3v) is 5.52. The molecule has 0 radical (unpaired) electrons. The fourth-order valence-electron chi connectivity index (χ4n) is 3.17. The number of nitrogen functional groups attached to an aromatic ring is 1. The fourth-order valence-corrected chi connectivity index (χ4v) is 3.81. The molecule has 0 saturated heterocycles. The zero-order valence-electron chi connectivity index (χ0n) is 16.2. The number of nitrogens with zero attached hydrogens (tertiary/aromatic N) is 2. The topological polar surface area (TPSA) is 100 Å². The Labute approximate surface area is 178 Å². The lowest BCUT2D eigenvalue weighted by Gasteiger charge is -2.30. The van der Waals surface area contributed by atoms with Gasteiger partial charge in [0.1, 0.15) is 0 Å². The average Bonchev–Trinajstić information content (AvgIpc) is 2.74. The van der Waals surface area contributed by atoms with Crippen molar-refractivity contribution in [2.75, 3.05) is 33.6 Å². The summed E-state index contributed by atoms with van der Waals surface area (Å²) < 4.78 is 0. The Morgan fingerprint density at radius 1 is 1.13 bits per heavy atom. The van der Waals surface area contributed by atoms with E-state index in [2.05, 4.69) is 15.6 Å². The number of hydrogen-bond acceptors (Lipinski definition) is 6. The highest BCUT2D eigenvalue weighted by Gasteiger charge is 2.21. The molecule has 2 amide bonds. The van der Waals surface area contributed by atoms with Gasteiger partial charge in [-0.15, -0.1) is 0 Å². The number of hydrogen-bond donors (Lipinski definition) is 3. The number of pyridine rings is 1. The highest BCUT2D eigenvalue weighted by Crippen LogP contribution is 2.30. The number of rotatable bonds is 6. The maximum Gasteiger partial charge on any atom is 0.243 e. The molecule has 0 spiro atoms. The molecule has 1 aliphatic heterocycles. The number of nitrogens with one attached hydrogen (secondary N) is 2. The van der Waals surface area contributed by atoms with Gasteiger partial charge in [0.05, 0.1) is 40.6 Å². The first-order chi connectivity index (χ1) is 14.6. The second kappa shape index (κ2) is 8.87. The molecule has 0 saturated carbocycles. The average molecular weight is 420 g/mol. The summed E-state index contributed by atoms with van der Waals surface area (Å²) in [7, 11) is 0. The van der Waals surface area contributed by atoms with Crippen LogP contribution in [0.3, 0.4) is 0 Å². The molecule has 2 aromatic carbocycles. The van der Waals surface area contributed by atoms with Crippen molar-refractivity contribution in [1.29, 1.82) is 0 Å². The number of anilines is 4. The number of para-hydroxylation sites is 2. The van der Waals surface area contributed by atoms with Crippen LogP contribution in [0.25, 0.3) is 0 Å². The van der Waals surface area contributed by atoms with Crippen molar-refractivity contribution in [1.82, 2.24) is 4.98 Å². The lowest BCUT2D eigenvalue weighted by atomic mass is 10.1. The summed E-state index contributed by atoms with van der Waals surface area (Å²) in [6, 6.07) is 19.0. The maximum absolute atomic E-state index is 12.2. The lowest BCUT2D eigenvalue weighted by Crippen LogP contribution is -2.37. The highest BCUT2D eigenvalue weighted by molar-refractivity contribution is 7.99. The molecule has 0 atom stereocenters. The lowest BCUT2D eigenvalue weighted by molar-refractivity contribution is -0.115. The monoisotopic (exact) mass is 419 g/mol. The van der Waals surface area contributed by atoms with Crippen molar-refractivity contribution in [3.63, 3.8) is 0 Å². The zero-order chi connectivity index (χ0) is 20.9. The molecule has 0 unspecified atom stereocenters. The van der Waals surface area contributed by atoms with Crippen molar-refractivity contribution >= 4 is 46.3 Å². The van der Waals surface area contributed by atoms with Gasteiger partial charge in [-0.25, -0.2) is 4.98 Å². The van der Waals surface area contributed by atoms with Crippen molar-refractivity contribution in [3.8, 4) is 0 Å². The molecular weight excluding hydrogens is 398 g/mol. The molecule has 3 aromatic rings. The van der Waals surface area contributed by atoms with Gasteiger partial charge in [-0.1, -0.05) is 36.0 Å². The van der Waals surface area contributed by atoms with Gasteiger partial charge >= 0.3 is 0 Å². The number of thioether (sulfide) groups is 1. The number of benzene rings is 2. The van der Waals surface area contributed by atoms with Crippen LogP contribution in [-0.2, 0) is 16.1 Å². The summed E-state index contributed by atoms with van der Waals surface area (Å²) in [6.45, 7) is 0.920. The molecule has 0 bridgehead atoms. The van der Waals surface area contributed by atoms with E-state index in [0.29, 0.717) is 18.8 Å². The molecule has 152 valence electrons. The molecule has 4 N–H and O–H groups in total. The number of aromatic nitrogens is 1. The number of carbonyl (C=O) groups excluding carboxylic acids is 2. The third kappa shape index (κ3) is 4.90. The van der Waals surface area contributed by atoms with E-state index in [1.165, 1.54) is 11.8 Å². The Kier molecular flexibility index (Phi) is 5.85. The summed E-state index contributed by atoms with van der Waals surface area (Å²) in [5.41, 5.74) is 9.82. The van der Waals surface area contributed by atoms with Crippen LogP contribution in [0.5, 0.6) is 0 Å². The minimum Gasteiger partial charge on any atom is -0.397 e. The first-order valence-corrected chi connectivity index (χ1v) is 10.4. The largest absolute Gasteiger partial charge is 0.397 e. The summed E-state index contributed by atoms with van der Waals surface area (Å²) in [5.74, 6) is 0.136. The molecule has 0 fully saturated rings. The summed E-state index contributed by atoms with van der Waals surface area (Å²) in [4.78, 5) is 30.4. The predicted molar refractivity (Wildman–Crippen MR) is 121 cm³/mol. The fraction of sp³-hybridized carbons (Fsp3) is 0.136. The van der Waals surface area contributed by atoms with Gasteiger partial charge in [0.2, 0.25) is 11.8 Å². The first kappa shape index (κ1) is 19.8. The van der Waals surface area contributed by atoms with Gasteiger partial charge in [0, 0.05) is 12.2 Å². The summed E-state index contributed by atoms with van der Waals surface area (Å²) in [6.07, 6.45) is 1.57. The number of fused-ring (bicyclic) bond motifs is 1. The Morgan fingerprint density at radius 2 is 1.93 bits per heavy atom. The highest BCUT2D eigenvalue weighted by atomic mass is 32.2. The van der Waals surface area contributed by atoms with Crippen LogP contribution in [0.15, 0.2) is 71.9 Å². The molecule has 1 aromatic heterocycles. The van der Waals surface area contributed by atoms with Crippen molar-refractivity contribution < 1.29 is 9.59 Å². The third-order valence-electron chi connectivity index (χ3n) is 4.57. The van der Waals surface area contributed by atoms with E-state index >= 15 is 0 Å². The van der Waals surface area contributed by atoms with Gasteiger partial charge in [-0.3, -0.25) is 9.59 Å². The smallest absolute Gasteiger partial charge is 0.243 e. The molecule has 0 aliphatic carbocycles. The number of carbonyl (C=O) groups is 2. The van der Waals surface area contributed by atoms with Gasteiger partial charge in [-0.2, -0.15) is 0 Å². The second-order valence-electron chi connectivity index (χ2n) is 6.88. The molecule has 7 nitrogen and oxygen atoms in total. The SMILES string of the molecule is Nc1ccc(SCC(=O)Nc2ccc(CN3CC(=O)Nc4ccccc43)cc2)nc1. The van der Waals surface area contributed by atoms with E-state index in [9.17, 15) is 9.59 Å². The van der Waals surface area contributed by atoms with Crippen molar-refractivity contribution in [3.05, 3.63) is 72.4 Å². The van der Waals surface area contributed by atoms with Crippen LogP contribution in [0.2, 0.25) is 0 Å². The van der Waals surface area contributed by atoms with Crippen molar-refractivity contribution in [2.45, 2.75) is 11.6 Å². The minimum atomic E-state index is -0.104. The van der Waals surface area contributed by atoms with E-state index < -0.39 is 0 Å². The quantitative estimate of drug-likeness (QED) is 0.530. The second-order valence-corrected chi connectivity index (χ2v) is 7.88. The van der Waals surface area contributed by atoms with Crippen molar-refractivity contribution in [2.24, 2.45) is 0 Å². The van der Waals surface area contributed by atoms with E-state index in [4.69, 9.17) is 5.73 Å². The zero-order valence-corrected chi connectivity index (χ0v) is 17.0. The van der Waals surface area contributed by atoms with E-state index in [1.807, 2.05) is 53.4 Å². The summed E-state index contributed by atoms with van der Waals surface area (Å²) in [5, 5.41) is 6.53. The molecule has 2 heterocycles. The molecule has 1 aliphatic rings. The van der Waals surface area contributed by atoms with E-state index in [0.717, 1.165) is 27.7 Å². The first-order valence-electron chi connectivity index (χ1n) is 9.44. The van der Waals surface area contributed by atoms with Crippen LogP contribution in [-0.4, -0.2) is 29.1 Å². The van der Waals surface area contributed by atoms with Crippen LogP contribution in [0.1, 0.15) is 5.56 Å². The van der Waals surface area contributed by atoms with Crippen LogP contribution < -0.4 is 21.3 Å². The standard InChI is InChI=1S/C22H21N5O2S/c23-16-7-10-22(24-11-16)30-14-21(29)25-17-8-5-15(6-9-17)12-27-13-20(28)26-18-3-1-2-4-19(18)27/h1-11H,12-14,23H2,(H,25,29)(H,26,28). The van der Waals surface area contributed by atoms with Gasteiger partial charge < -0.3 is 21.3 Å². The Bertz CT molecular complexity index is 1050.